The number of morpholine rings is 1. The van der Waals surface area contributed by atoms with Crippen molar-refractivity contribution in [2.24, 2.45) is 0 Å². The summed E-state index contributed by atoms with van der Waals surface area (Å²) in [6, 6.07) is 14.5. The fourth-order valence-electron chi connectivity index (χ4n) is 3.67. The normalized spacial score (nSPS) is 16.1. The summed E-state index contributed by atoms with van der Waals surface area (Å²) < 4.78 is 5.59. The summed E-state index contributed by atoms with van der Waals surface area (Å²) in [5.74, 6) is -0.0358. The molecule has 1 N–H and O–H groups in total. The van der Waals surface area contributed by atoms with E-state index in [1.165, 1.54) is 32.9 Å². The SMILES string of the molecule is Cc1sc(NC(=O)c2cccs2)c(C(c2ccccc2)N2CCOCC2)c1C. The molecule has 1 amide bonds. The Morgan fingerprint density at radius 2 is 1.86 bits per heavy atom. The Morgan fingerprint density at radius 1 is 1.11 bits per heavy atom. The predicted molar refractivity (Wildman–Crippen MR) is 117 cm³/mol. The lowest BCUT2D eigenvalue weighted by atomic mass is 9.94. The van der Waals surface area contributed by atoms with Crippen molar-refractivity contribution < 1.29 is 9.53 Å². The Morgan fingerprint density at radius 3 is 2.54 bits per heavy atom. The van der Waals surface area contributed by atoms with E-state index in [-0.39, 0.29) is 11.9 Å². The van der Waals surface area contributed by atoms with Crippen LogP contribution in [0.5, 0.6) is 0 Å². The van der Waals surface area contributed by atoms with Crippen molar-refractivity contribution in [2.75, 3.05) is 31.6 Å². The van der Waals surface area contributed by atoms with Gasteiger partial charge in [-0.25, -0.2) is 0 Å². The van der Waals surface area contributed by atoms with E-state index in [0.29, 0.717) is 0 Å². The summed E-state index contributed by atoms with van der Waals surface area (Å²) in [5.41, 5.74) is 3.71. The number of carbonyl (C=O) groups is 1. The zero-order valence-corrected chi connectivity index (χ0v) is 17.7. The van der Waals surface area contributed by atoms with Gasteiger partial charge in [-0.05, 0) is 36.4 Å². The van der Waals surface area contributed by atoms with Gasteiger partial charge in [-0.2, -0.15) is 0 Å². The van der Waals surface area contributed by atoms with Crippen LogP contribution in [0.3, 0.4) is 0 Å². The van der Waals surface area contributed by atoms with Crippen LogP contribution in [0, 0.1) is 13.8 Å². The maximum Gasteiger partial charge on any atom is 0.266 e. The lowest BCUT2D eigenvalue weighted by Crippen LogP contribution is -2.39. The van der Waals surface area contributed by atoms with Gasteiger partial charge in [0.15, 0.2) is 0 Å². The Labute approximate surface area is 173 Å². The molecule has 146 valence electrons. The van der Waals surface area contributed by atoms with Gasteiger partial charge in [0, 0.05) is 23.5 Å². The van der Waals surface area contributed by atoms with Crippen LogP contribution in [0.2, 0.25) is 0 Å². The number of aryl methyl sites for hydroxylation is 1. The number of anilines is 1. The van der Waals surface area contributed by atoms with Crippen molar-refractivity contribution >= 4 is 33.6 Å². The first-order valence-electron chi connectivity index (χ1n) is 9.46. The molecule has 1 saturated heterocycles. The number of hydrogen-bond acceptors (Lipinski definition) is 5. The van der Waals surface area contributed by atoms with Crippen LogP contribution in [-0.4, -0.2) is 37.1 Å². The van der Waals surface area contributed by atoms with Crippen molar-refractivity contribution in [1.82, 2.24) is 4.90 Å². The molecule has 2 aromatic heterocycles. The molecular formula is C22H24N2O2S2. The molecular weight excluding hydrogens is 388 g/mol. The van der Waals surface area contributed by atoms with Crippen molar-refractivity contribution in [1.29, 1.82) is 0 Å². The highest BCUT2D eigenvalue weighted by Crippen LogP contribution is 2.42. The second-order valence-electron chi connectivity index (χ2n) is 6.92. The molecule has 3 heterocycles. The van der Waals surface area contributed by atoms with Gasteiger partial charge >= 0.3 is 0 Å². The van der Waals surface area contributed by atoms with Crippen LogP contribution in [-0.2, 0) is 4.74 Å². The molecule has 1 atom stereocenters. The van der Waals surface area contributed by atoms with Crippen molar-refractivity contribution in [3.63, 3.8) is 0 Å². The summed E-state index contributed by atoms with van der Waals surface area (Å²) in [7, 11) is 0. The molecule has 4 nitrogen and oxygen atoms in total. The van der Waals surface area contributed by atoms with E-state index in [1.54, 1.807) is 11.3 Å². The number of thiophene rings is 2. The third-order valence-corrected chi connectivity index (χ3v) is 7.21. The van der Waals surface area contributed by atoms with Crippen molar-refractivity contribution in [3.8, 4) is 0 Å². The van der Waals surface area contributed by atoms with Gasteiger partial charge in [-0.1, -0.05) is 36.4 Å². The van der Waals surface area contributed by atoms with E-state index in [1.807, 2.05) is 23.6 Å². The van der Waals surface area contributed by atoms with Gasteiger partial charge in [-0.15, -0.1) is 22.7 Å². The second kappa shape index (κ2) is 8.57. The topological polar surface area (TPSA) is 41.6 Å². The fraction of sp³-hybridized carbons (Fsp3) is 0.318. The van der Waals surface area contributed by atoms with Crippen LogP contribution in [0.15, 0.2) is 47.8 Å². The Hall–Kier alpha value is -1.99. The number of amides is 1. The molecule has 0 radical (unpaired) electrons. The van der Waals surface area contributed by atoms with Crippen LogP contribution in [0.25, 0.3) is 0 Å². The minimum Gasteiger partial charge on any atom is -0.379 e. The van der Waals surface area contributed by atoms with Gasteiger partial charge in [0.25, 0.3) is 5.91 Å². The highest BCUT2D eigenvalue weighted by Gasteiger charge is 2.30. The van der Waals surface area contributed by atoms with E-state index in [9.17, 15) is 4.79 Å². The third-order valence-electron chi connectivity index (χ3n) is 5.20. The Kier molecular flexibility index (Phi) is 5.92. The summed E-state index contributed by atoms with van der Waals surface area (Å²) in [5, 5.41) is 6.08. The fourth-order valence-corrected chi connectivity index (χ4v) is 5.38. The molecule has 28 heavy (non-hydrogen) atoms. The molecule has 0 bridgehead atoms. The van der Waals surface area contributed by atoms with E-state index in [2.05, 4.69) is 48.3 Å². The molecule has 1 aliphatic heterocycles. The van der Waals surface area contributed by atoms with Gasteiger partial charge in [-0.3, -0.25) is 9.69 Å². The molecule has 1 unspecified atom stereocenters. The predicted octanol–water partition coefficient (Wildman–Crippen LogP) is 5.10. The van der Waals surface area contributed by atoms with Gasteiger partial charge < -0.3 is 10.1 Å². The first-order valence-corrected chi connectivity index (χ1v) is 11.2. The van der Waals surface area contributed by atoms with Crippen molar-refractivity contribution in [3.05, 3.63) is 74.3 Å². The summed E-state index contributed by atoms with van der Waals surface area (Å²) in [4.78, 5) is 17.2. The number of rotatable bonds is 5. The number of carbonyl (C=O) groups excluding carboxylic acids is 1. The zero-order chi connectivity index (χ0) is 19.5. The van der Waals surface area contributed by atoms with Gasteiger partial charge in [0.1, 0.15) is 5.00 Å². The smallest absolute Gasteiger partial charge is 0.266 e. The minimum absolute atomic E-state index is 0.0358. The summed E-state index contributed by atoms with van der Waals surface area (Å²) in [6.07, 6.45) is 0. The molecule has 1 aromatic carbocycles. The average molecular weight is 413 g/mol. The number of hydrogen-bond donors (Lipinski definition) is 1. The third kappa shape index (κ3) is 3.91. The number of nitrogens with zero attached hydrogens (tertiary/aromatic N) is 1. The van der Waals surface area contributed by atoms with Crippen LogP contribution in [0.1, 0.15) is 37.3 Å². The Balaban J connectivity index is 1.76. The molecule has 1 aliphatic rings. The molecule has 3 aromatic rings. The Bertz CT molecular complexity index is 929. The molecule has 4 rings (SSSR count). The van der Waals surface area contributed by atoms with E-state index in [4.69, 9.17) is 4.74 Å². The van der Waals surface area contributed by atoms with Gasteiger partial charge in [0.05, 0.1) is 24.1 Å². The number of ether oxygens (including phenoxy) is 1. The number of benzene rings is 1. The van der Waals surface area contributed by atoms with E-state index >= 15 is 0 Å². The minimum atomic E-state index is -0.0358. The lowest BCUT2D eigenvalue weighted by molar-refractivity contribution is 0.0240. The quantitative estimate of drug-likeness (QED) is 0.634. The maximum absolute atomic E-state index is 12.8. The van der Waals surface area contributed by atoms with Crippen LogP contribution in [0.4, 0.5) is 5.00 Å². The summed E-state index contributed by atoms with van der Waals surface area (Å²) >= 11 is 3.13. The molecule has 1 fully saturated rings. The highest BCUT2D eigenvalue weighted by molar-refractivity contribution is 7.17. The van der Waals surface area contributed by atoms with Crippen LogP contribution >= 0.6 is 22.7 Å². The summed E-state index contributed by atoms with van der Waals surface area (Å²) in [6.45, 7) is 7.53. The second-order valence-corrected chi connectivity index (χ2v) is 9.09. The van der Waals surface area contributed by atoms with E-state index in [0.717, 1.165) is 36.2 Å². The zero-order valence-electron chi connectivity index (χ0n) is 16.1. The standard InChI is InChI=1S/C22H24N2O2S2/c1-15-16(2)28-22(23-21(25)18-9-6-14-27-18)19(15)20(17-7-4-3-5-8-17)24-10-12-26-13-11-24/h3-9,14,20H,10-13H2,1-2H3,(H,23,25). The average Bonchev–Trinajstić information content (AvgIpc) is 3.35. The molecule has 0 spiro atoms. The number of nitrogens with one attached hydrogen (secondary N) is 1. The maximum atomic E-state index is 12.8. The molecule has 0 saturated carbocycles. The first-order chi connectivity index (χ1) is 13.6. The van der Waals surface area contributed by atoms with Crippen LogP contribution < -0.4 is 5.32 Å². The molecule has 0 aliphatic carbocycles. The largest absolute Gasteiger partial charge is 0.379 e. The lowest BCUT2D eigenvalue weighted by Gasteiger charge is -2.35. The van der Waals surface area contributed by atoms with E-state index < -0.39 is 0 Å². The van der Waals surface area contributed by atoms with Crippen molar-refractivity contribution in [2.45, 2.75) is 19.9 Å². The first kappa shape index (κ1) is 19.3. The van der Waals surface area contributed by atoms with Gasteiger partial charge in [0.2, 0.25) is 0 Å². The molecule has 6 heteroatoms. The highest BCUT2D eigenvalue weighted by atomic mass is 32.1. The monoisotopic (exact) mass is 412 g/mol.